The van der Waals surface area contributed by atoms with Crippen molar-refractivity contribution in [3.63, 3.8) is 0 Å². The van der Waals surface area contributed by atoms with E-state index in [1.807, 2.05) is 0 Å². The molecular formula is C22H35N3O3. The maximum atomic E-state index is 11.9. The van der Waals surface area contributed by atoms with Crippen LogP contribution in [0.1, 0.15) is 40.0 Å². The molecule has 0 spiro atoms. The van der Waals surface area contributed by atoms with Crippen LogP contribution < -0.4 is 5.32 Å². The van der Waals surface area contributed by atoms with E-state index in [0.717, 1.165) is 62.6 Å². The van der Waals surface area contributed by atoms with Crippen molar-refractivity contribution in [1.82, 2.24) is 15.1 Å². The molecule has 0 bridgehead atoms. The van der Waals surface area contributed by atoms with E-state index in [4.69, 9.17) is 9.47 Å². The molecule has 0 aromatic heterocycles. The number of piperidine rings is 1. The molecule has 1 N–H and O–H groups in total. The summed E-state index contributed by atoms with van der Waals surface area (Å²) >= 11 is 0. The van der Waals surface area contributed by atoms with E-state index < -0.39 is 0 Å². The van der Waals surface area contributed by atoms with Crippen molar-refractivity contribution in [1.29, 1.82) is 0 Å². The standard InChI is InChI=1S/C22H35N3O3/c1-6-22(26)23-19-11-15(2)21(27-5)12-20(19)24-9-7-18(8-10-24)25-13-16(3)28-17(4)14-25/h6,12,15-18H,1,7-11,13-14H2,2-5H3,(H,23,26)/t15?,16-,17+. The van der Waals surface area contributed by atoms with Crippen molar-refractivity contribution in [2.45, 2.75) is 58.3 Å². The largest absolute Gasteiger partial charge is 0.501 e. The number of morpholine rings is 1. The highest BCUT2D eigenvalue weighted by molar-refractivity contribution is 5.88. The van der Waals surface area contributed by atoms with Crippen molar-refractivity contribution in [3.8, 4) is 0 Å². The summed E-state index contributed by atoms with van der Waals surface area (Å²) in [6.45, 7) is 14.0. The molecule has 0 aromatic rings. The van der Waals surface area contributed by atoms with Crippen LogP contribution in [0.25, 0.3) is 0 Å². The smallest absolute Gasteiger partial charge is 0.247 e. The zero-order valence-electron chi connectivity index (χ0n) is 17.7. The summed E-state index contributed by atoms with van der Waals surface area (Å²) in [5, 5.41) is 3.03. The SMILES string of the molecule is C=CC(=O)NC1=C(N2CCC(N3C[C@@H](C)O[C@@H](C)C3)CC2)C=C(OC)C(C)C1. The van der Waals surface area contributed by atoms with Gasteiger partial charge in [0.1, 0.15) is 5.76 Å². The van der Waals surface area contributed by atoms with Crippen molar-refractivity contribution >= 4 is 5.91 Å². The third-order valence-corrected chi connectivity index (χ3v) is 6.05. The quantitative estimate of drug-likeness (QED) is 0.733. The minimum atomic E-state index is -0.153. The van der Waals surface area contributed by atoms with E-state index in [1.165, 1.54) is 6.08 Å². The van der Waals surface area contributed by atoms with Crippen LogP contribution in [0.3, 0.4) is 0 Å². The number of carbonyl (C=O) groups excluding carboxylic acids is 1. The monoisotopic (exact) mass is 389 g/mol. The Bertz CT molecular complexity index is 639. The molecule has 1 amide bonds. The van der Waals surface area contributed by atoms with Crippen LogP contribution in [0.2, 0.25) is 0 Å². The second kappa shape index (κ2) is 9.14. The zero-order chi connectivity index (χ0) is 20.3. The summed E-state index contributed by atoms with van der Waals surface area (Å²) in [4.78, 5) is 16.9. The molecule has 0 radical (unpaired) electrons. The Morgan fingerprint density at radius 3 is 2.46 bits per heavy atom. The maximum absolute atomic E-state index is 11.9. The number of hydrogen-bond acceptors (Lipinski definition) is 5. The summed E-state index contributed by atoms with van der Waals surface area (Å²) < 4.78 is 11.5. The highest BCUT2D eigenvalue weighted by Gasteiger charge is 2.32. The first-order valence-corrected chi connectivity index (χ1v) is 10.5. The van der Waals surface area contributed by atoms with Crippen LogP contribution >= 0.6 is 0 Å². The first-order valence-electron chi connectivity index (χ1n) is 10.5. The molecule has 0 aromatic carbocycles. The Morgan fingerprint density at radius 2 is 1.89 bits per heavy atom. The average molecular weight is 390 g/mol. The minimum absolute atomic E-state index is 0.153. The number of nitrogens with one attached hydrogen (secondary N) is 1. The topological polar surface area (TPSA) is 54.0 Å². The summed E-state index contributed by atoms with van der Waals surface area (Å²) in [5.74, 6) is 1.08. The van der Waals surface area contributed by atoms with Gasteiger partial charge in [0.15, 0.2) is 0 Å². The normalized spacial score (nSPS) is 30.1. The van der Waals surface area contributed by atoms with Gasteiger partial charge in [0.25, 0.3) is 0 Å². The van der Waals surface area contributed by atoms with Crippen molar-refractivity contribution < 1.29 is 14.3 Å². The van der Waals surface area contributed by atoms with Gasteiger partial charge in [-0.3, -0.25) is 9.69 Å². The molecule has 3 aliphatic rings. The molecule has 2 fully saturated rings. The van der Waals surface area contributed by atoms with Gasteiger partial charge >= 0.3 is 0 Å². The Labute approximate surface area is 169 Å². The summed E-state index contributed by atoms with van der Waals surface area (Å²) in [6, 6.07) is 0.602. The number of carbonyl (C=O) groups is 1. The second-order valence-corrected chi connectivity index (χ2v) is 8.34. The molecule has 6 heteroatoms. The molecule has 3 atom stereocenters. The fourth-order valence-corrected chi connectivity index (χ4v) is 4.72. The molecular weight excluding hydrogens is 354 g/mol. The Kier molecular flexibility index (Phi) is 6.83. The molecule has 2 heterocycles. The first-order chi connectivity index (χ1) is 13.4. The van der Waals surface area contributed by atoms with Gasteiger partial charge in [-0.1, -0.05) is 13.5 Å². The summed E-state index contributed by atoms with van der Waals surface area (Å²) in [7, 11) is 1.72. The van der Waals surface area contributed by atoms with Gasteiger partial charge in [-0.2, -0.15) is 0 Å². The lowest BCUT2D eigenvalue weighted by atomic mass is 9.93. The van der Waals surface area contributed by atoms with Gasteiger partial charge in [0.2, 0.25) is 5.91 Å². The third kappa shape index (κ3) is 4.78. The molecule has 28 heavy (non-hydrogen) atoms. The Balaban J connectivity index is 1.71. The van der Waals surface area contributed by atoms with E-state index in [-0.39, 0.29) is 11.8 Å². The zero-order valence-corrected chi connectivity index (χ0v) is 17.7. The van der Waals surface area contributed by atoms with Gasteiger partial charge in [0, 0.05) is 49.9 Å². The number of nitrogens with zero attached hydrogens (tertiary/aromatic N) is 2. The molecule has 0 saturated carbocycles. The van der Waals surface area contributed by atoms with Crippen LogP contribution in [0.15, 0.2) is 35.9 Å². The molecule has 3 rings (SSSR count). The number of amides is 1. The van der Waals surface area contributed by atoms with E-state index in [1.54, 1.807) is 7.11 Å². The van der Waals surface area contributed by atoms with Crippen LogP contribution in [0, 0.1) is 5.92 Å². The number of rotatable bonds is 5. The number of likely N-dealkylation sites (tertiary alicyclic amines) is 1. The predicted molar refractivity (Wildman–Crippen MR) is 110 cm³/mol. The summed E-state index contributed by atoms with van der Waals surface area (Å²) in [5.41, 5.74) is 2.07. The van der Waals surface area contributed by atoms with Crippen molar-refractivity contribution in [3.05, 3.63) is 35.9 Å². The van der Waals surface area contributed by atoms with Gasteiger partial charge in [-0.25, -0.2) is 0 Å². The average Bonchev–Trinajstić information content (AvgIpc) is 2.67. The molecule has 6 nitrogen and oxygen atoms in total. The van der Waals surface area contributed by atoms with Crippen LogP contribution in [-0.4, -0.2) is 67.2 Å². The number of ether oxygens (including phenoxy) is 2. The van der Waals surface area contributed by atoms with Crippen LogP contribution in [0.4, 0.5) is 0 Å². The highest BCUT2D eigenvalue weighted by atomic mass is 16.5. The van der Waals surface area contributed by atoms with Crippen LogP contribution in [-0.2, 0) is 14.3 Å². The lowest BCUT2D eigenvalue weighted by Gasteiger charge is -2.44. The lowest BCUT2D eigenvalue weighted by molar-refractivity contribution is -0.115. The minimum Gasteiger partial charge on any atom is -0.501 e. The summed E-state index contributed by atoms with van der Waals surface area (Å²) in [6.07, 6.45) is 7.06. The number of allylic oxidation sites excluding steroid dienone is 3. The molecule has 1 aliphatic carbocycles. The second-order valence-electron chi connectivity index (χ2n) is 8.34. The fraction of sp³-hybridized carbons (Fsp3) is 0.682. The van der Waals surface area contributed by atoms with Gasteiger partial charge in [-0.15, -0.1) is 0 Å². The van der Waals surface area contributed by atoms with Crippen LogP contribution in [0.5, 0.6) is 0 Å². The maximum Gasteiger partial charge on any atom is 0.247 e. The molecule has 1 unspecified atom stereocenters. The van der Waals surface area contributed by atoms with E-state index >= 15 is 0 Å². The number of hydrogen-bond donors (Lipinski definition) is 1. The Hall–Kier alpha value is -1.79. The molecule has 2 saturated heterocycles. The van der Waals surface area contributed by atoms with E-state index in [9.17, 15) is 4.79 Å². The third-order valence-electron chi connectivity index (χ3n) is 6.05. The van der Waals surface area contributed by atoms with Crippen molar-refractivity contribution in [2.75, 3.05) is 33.3 Å². The van der Waals surface area contributed by atoms with Gasteiger partial charge in [-0.05, 0) is 39.2 Å². The molecule has 156 valence electrons. The Morgan fingerprint density at radius 1 is 1.25 bits per heavy atom. The van der Waals surface area contributed by atoms with Gasteiger partial charge < -0.3 is 19.7 Å². The first kappa shape index (κ1) is 20.9. The number of methoxy groups -OCH3 is 1. The van der Waals surface area contributed by atoms with E-state index in [0.29, 0.717) is 18.2 Å². The lowest BCUT2D eigenvalue weighted by Crippen LogP contribution is -2.53. The molecule has 2 aliphatic heterocycles. The van der Waals surface area contributed by atoms with Gasteiger partial charge in [0.05, 0.1) is 25.0 Å². The predicted octanol–water partition coefficient (Wildman–Crippen LogP) is 2.64. The van der Waals surface area contributed by atoms with Crippen molar-refractivity contribution in [2.24, 2.45) is 5.92 Å². The fourth-order valence-electron chi connectivity index (χ4n) is 4.72. The van der Waals surface area contributed by atoms with E-state index in [2.05, 4.69) is 48.5 Å². The highest BCUT2D eigenvalue weighted by Crippen LogP contribution is 2.32.